The summed E-state index contributed by atoms with van der Waals surface area (Å²) in [6, 6.07) is 5.33. The Morgan fingerprint density at radius 3 is 2.53 bits per heavy atom. The zero-order valence-electron chi connectivity index (χ0n) is 10.8. The fraction of sp³-hybridized carbons (Fsp3) is 0.462. The third-order valence-corrected chi connectivity index (χ3v) is 2.47. The van der Waals surface area contributed by atoms with E-state index >= 15 is 0 Å². The number of hydrogen-bond acceptors (Lipinski definition) is 3. The number of carbonyl (C=O) groups is 1. The second-order valence-electron chi connectivity index (χ2n) is 4.13. The van der Waals surface area contributed by atoms with Crippen molar-refractivity contribution in [1.29, 1.82) is 0 Å². The lowest BCUT2D eigenvalue weighted by Crippen LogP contribution is -2.28. The molecule has 1 aromatic rings. The minimum atomic E-state index is -4.39. The van der Waals surface area contributed by atoms with Gasteiger partial charge >= 0.3 is 12.1 Å². The molecule has 0 radical (unpaired) electrons. The monoisotopic (exact) mass is 275 g/mol. The molecule has 0 fully saturated rings. The molecule has 0 saturated carbocycles. The average Bonchev–Trinajstić information content (AvgIpc) is 2.28. The molecule has 0 amide bonds. The molecule has 106 valence electrons. The number of hydrogen-bond donors (Lipinski definition) is 0. The van der Waals surface area contributed by atoms with Crippen LogP contribution in [-0.2, 0) is 22.3 Å². The molecule has 3 nitrogen and oxygen atoms in total. The maximum atomic E-state index is 12.8. The Morgan fingerprint density at radius 2 is 1.95 bits per heavy atom. The average molecular weight is 275 g/mol. The summed E-state index contributed by atoms with van der Waals surface area (Å²) in [4.78, 5) is 12.7. The number of esters is 1. The molecule has 0 unspecified atom stereocenters. The first kappa shape index (κ1) is 15.5. The molecule has 19 heavy (non-hydrogen) atoms. The van der Waals surface area contributed by atoms with Crippen LogP contribution in [0.1, 0.15) is 18.1 Å². The van der Waals surface area contributed by atoms with Crippen LogP contribution in [0, 0.1) is 0 Å². The van der Waals surface area contributed by atoms with Gasteiger partial charge in [0.2, 0.25) is 0 Å². The lowest BCUT2D eigenvalue weighted by molar-refractivity contribution is -0.144. The summed E-state index contributed by atoms with van der Waals surface area (Å²) in [5.41, 5.74) is -0.535. The second kappa shape index (κ2) is 6.56. The number of alkyl halides is 3. The Bertz CT molecular complexity index is 432. The van der Waals surface area contributed by atoms with E-state index in [-0.39, 0.29) is 25.3 Å². The highest BCUT2D eigenvalue weighted by molar-refractivity contribution is 5.71. The van der Waals surface area contributed by atoms with Gasteiger partial charge in [0.1, 0.15) is 0 Å². The predicted molar refractivity (Wildman–Crippen MR) is 64.4 cm³/mol. The van der Waals surface area contributed by atoms with Crippen LogP contribution in [0.4, 0.5) is 13.2 Å². The van der Waals surface area contributed by atoms with Crippen molar-refractivity contribution in [3.05, 3.63) is 35.4 Å². The molecule has 0 aromatic heterocycles. The fourth-order valence-corrected chi connectivity index (χ4v) is 1.71. The molecule has 1 rings (SSSR count). The molecule has 0 aliphatic rings. The number of carbonyl (C=O) groups excluding carboxylic acids is 1. The van der Waals surface area contributed by atoms with Crippen LogP contribution in [0.3, 0.4) is 0 Å². The van der Waals surface area contributed by atoms with Crippen molar-refractivity contribution in [3.63, 3.8) is 0 Å². The maximum Gasteiger partial charge on any atom is 0.416 e. The number of benzene rings is 1. The molecule has 0 bridgehead atoms. The number of likely N-dealkylation sites (N-methyl/N-ethyl adjacent to an activating group) is 1. The standard InChI is InChI=1S/C13H16F3NO2/c1-3-19-12(18)9-17(2)8-10-6-4-5-7-11(10)13(14,15)16/h4-7H,3,8-9H2,1-2H3. The number of nitrogens with zero attached hydrogens (tertiary/aromatic N) is 1. The van der Waals surface area contributed by atoms with Crippen molar-refractivity contribution in [2.45, 2.75) is 19.6 Å². The summed E-state index contributed by atoms with van der Waals surface area (Å²) < 4.78 is 43.1. The quantitative estimate of drug-likeness (QED) is 0.774. The maximum absolute atomic E-state index is 12.8. The lowest BCUT2D eigenvalue weighted by Gasteiger charge is -2.19. The van der Waals surface area contributed by atoms with E-state index in [4.69, 9.17) is 4.74 Å². The van der Waals surface area contributed by atoms with Gasteiger partial charge in [0.15, 0.2) is 0 Å². The summed E-state index contributed by atoms with van der Waals surface area (Å²) in [7, 11) is 1.57. The van der Waals surface area contributed by atoms with E-state index in [1.54, 1.807) is 20.0 Å². The highest BCUT2D eigenvalue weighted by Gasteiger charge is 2.33. The number of ether oxygens (including phenoxy) is 1. The molecule has 0 atom stereocenters. The normalized spacial score (nSPS) is 11.7. The van der Waals surface area contributed by atoms with Gasteiger partial charge in [0, 0.05) is 6.54 Å². The first-order valence-electron chi connectivity index (χ1n) is 5.84. The van der Waals surface area contributed by atoms with Crippen molar-refractivity contribution in [1.82, 2.24) is 4.90 Å². The number of halogens is 3. The summed E-state index contributed by atoms with van der Waals surface area (Å²) >= 11 is 0. The zero-order valence-corrected chi connectivity index (χ0v) is 10.8. The zero-order chi connectivity index (χ0) is 14.5. The summed E-state index contributed by atoms with van der Waals surface area (Å²) in [6.07, 6.45) is -4.39. The van der Waals surface area contributed by atoms with Gasteiger partial charge in [-0.05, 0) is 25.6 Å². The molecule has 0 spiro atoms. The largest absolute Gasteiger partial charge is 0.465 e. The number of rotatable bonds is 5. The molecule has 0 aliphatic heterocycles. The third kappa shape index (κ3) is 4.90. The van der Waals surface area contributed by atoms with Crippen molar-refractivity contribution in [2.75, 3.05) is 20.2 Å². The Balaban J connectivity index is 2.74. The Morgan fingerprint density at radius 1 is 1.32 bits per heavy atom. The van der Waals surface area contributed by atoms with Gasteiger partial charge in [-0.3, -0.25) is 9.69 Å². The van der Waals surface area contributed by atoms with Gasteiger partial charge in [-0.25, -0.2) is 0 Å². The Kier molecular flexibility index (Phi) is 5.35. The van der Waals surface area contributed by atoms with Gasteiger partial charge in [-0.1, -0.05) is 18.2 Å². The van der Waals surface area contributed by atoms with E-state index in [1.165, 1.54) is 17.0 Å². The highest BCUT2D eigenvalue weighted by Crippen LogP contribution is 2.32. The van der Waals surface area contributed by atoms with Gasteiger partial charge in [-0.2, -0.15) is 13.2 Å². The Labute approximate surface area is 110 Å². The second-order valence-corrected chi connectivity index (χ2v) is 4.13. The van der Waals surface area contributed by atoms with Crippen LogP contribution < -0.4 is 0 Å². The van der Waals surface area contributed by atoms with Crippen molar-refractivity contribution in [3.8, 4) is 0 Å². The summed E-state index contributed by atoms with van der Waals surface area (Å²) in [5.74, 6) is -0.450. The minimum absolute atomic E-state index is 0.0362. The van der Waals surface area contributed by atoms with Crippen molar-refractivity contribution >= 4 is 5.97 Å². The summed E-state index contributed by atoms with van der Waals surface area (Å²) in [6.45, 7) is 1.93. The molecule has 1 aromatic carbocycles. The van der Waals surface area contributed by atoms with Gasteiger partial charge in [0.05, 0.1) is 18.7 Å². The highest BCUT2D eigenvalue weighted by atomic mass is 19.4. The third-order valence-electron chi connectivity index (χ3n) is 2.47. The topological polar surface area (TPSA) is 29.5 Å². The van der Waals surface area contributed by atoms with Crippen LogP contribution in [0.25, 0.3) is 0 Å². The van der Waals surface area contributed by atoms with Crippen molar-refractivity contribution < 1.29 is 22.7 Å². The fourth-order valence-electron chi connectivity index (χ4n) is 1.71. The molecular formula is C13H16F3NO2. The van der Waals surface area contributed by atoms with Gasteiger partial charge < -0.3 is 4.74 Å². The van der Waals surface area contributed by atoms with E-state index in [0.717, 1.165) is 6.07 Å². The van der Waals surface area contributed by atoms with Crippen LogP contribution in [0.2, 0.25) is 0 Å². The minimum Gasteiger partial charge on any atom is -0.465 e. The van der Waals surface area contributed by atoms with Crippen LogP contribution in [0.15, 0.2) is 24.3 Å². The predicted octanol–water partition coefficient (Wildman–Crippen LogP) is 2.70. The SMILES string of the molecule is CCOC(=O)CN(C)Cc1ccccc1C(F)(F)F. The molecular weight excluding hydrogens is 259 g/mol. The Hall–Kier alpha value is -1.56. The molecule has 6 heteroatoms. The van der Waals surface area contributed by atoms with E-state index in [1.807, 2.05) is 0 Å². The molecule has 0 aliphatic carbocycles. The molecule has 0 saturated heterocycles. The molecule has 0 heterocycles. The van der Waals surface area contributed by atoms with E-state index in [0.29, 0.717) is 0 Å². The van der Waals surface area contributed by atoms with Crippen LogP contribution in [0.5, 0.6) is 0 Å². The first-order valence-corrected chi connectivity index (χ1v) is 5.84. The van der Waals surface area contributed by atoms with Crippen LogP contribution in [-0.4, -0.2) is 31.1 Å². The molecule has 0 N–H and O–H groups in total. The van der Waals surface area contributed by atoms with Gasteiger partial charge in [0.25, 0.3) is 0 Å². The van der Waals surface area contributed by atoms with Crippen molar-refractivity contribution in [2.24, 2.45) is 0 Å². The van der Waals surface area contributed by atoms with E-state index in [9.17, 15) is 18.0 Å². The van der Waals surface area contributed by atoms with E-state index < -0.39 is 17.7 Å². The smallest absolute Gasteiger partial charge is 0.416 e. The van der Waals surface area contributed by atoms with Crippen LogP contribution >= 0.6 is 0 Å². The van der Waals surface area contributed by atoms with Gasteiger partial charge in [-0.15, -0.1) is 0 Å². The summed E-state index contributed by atoms with van der Waals surface area (Å²) in [5, 5.41) is 0. The first-order chi connectivity index (χ1) is 8.84. The van der Waals surface area contributed by atoms with E-state index in [2.05, 4.69) is 0 Å². The lowest BCUT2D eigenvalue weighted by atomic mass is 10.1.